The number of amides is 2. The minimum absolute atomic E-state index is 0.0183. The van der Waals surface area contributed by atoms with Crippen molar-refractivity contribution in [3.05, 3.63) is 46.6 Å². The Morgan fingerprint density at radius 2 is 1.97 bits per heavy atom. The van der Waals surface area contributed by atoms with Crippen molar-refractivity contribution >= 4 is 29.2 Å². The van der Waals surface area contributed by atoms with Gasteiger partial charge in [0, 0.05) is 31.6 Å². The van der Waals surface area contributed by atoms with E-state index in [2.05, 4.69) is 10.3 Å². The molecule has 1 saturated heterocycles. The maximum Gasteiger partial charge on any atom is 0.228 e. The molecule has 0 saturated carbocycles. The predicted molar refractivity (Wildman–Crippen MR) is 118 cm³/mol. The second-order valence-corrected chi connectivity index (χ2v) is 8.40. The van der Waals surface area contributed by atoms with Crippen molar-refractivity contribution in [2.24, 2.45) is 5.92 Å². The summed E-state index contributed by atoms with van der Waals surface area (Å²) in [6, 6.07) is 7.33. The molecule has 4 rings (SSSR count). The van der Waals surface area contributed by atoms with Crippen molar-refractivity contribution in [1.82, 2.24) is 9.88 Å². The van der Waals surface area contributed by atoms with E-state index in [9.17, 15) is 9.59 Å². The molecule has 0 radical (unpaired) electrons. The average molecular weight is 444 g/mol. The highest BCUT2D eigenvalue weighted by molar-refractivity contribution is 6.32. The molecule has 2 aliphatic rings. The standard InChI is InChI=1S/C23H26ClN3O4/c1-15-3-6-25-20(11-15)26-23(29)17-4-7-27(8-5-17)21(28)14-16-12-18(24)22-19(13-16)30-9-2-10-31-22/h3,6,11-13,17H,2,4-5,7-10,14H2,1H3,(H,25,26,29). The van der Waals surface area contributed by atoms with E-state index >= 15 is 0 Å². The number of carbonyl (C=O) groups excluding carboxylic acids is 2. The summed E-state index contributed by atoms with van der Waals surface area (Å²) in [7, 11) is 0. The fourth-order valence-electron chi connectivity index (χ4n) is 3.90. The number of nitrogens with one attached hydrogen (secondary N) is 1. The molecule has 31 heavy (non-hydrogen) atoms. The van der Waals surface area contributed by atoms with E-state index in [-0.39, 0.29) is 24.2 Å². The van der Waals surface area contributed by atoms with Crippen molar-refractivity contribution in [2.45, 2.75) is 32.6 Å². The summed E-state index contributed by atoms with van der Waals surface area (Å²) in [5.41, 5.74) is 1.84. The number of benzene rings is 1. The highest BCUT2D eigenvalue weighted by Crippen LogP contribution is 2.38. The Morgan fingerprint density at radius 1 is 1.19 bits per heavy atom. The smallest absolute Gasteiger partial charge is 0.228 e. The van der Waals surface area contributed by atoms with E-state index in [1.165, 1.54) is 0 Å². The highest BCUT2D eigenvalue weighted by atomic mass is 35.5. The van der Waals surface area contributed by atoms with Crippen molar-refractivity contribution in [2.75, 3.05) is 31.6 Å². The zero-order valence-corrected chi connectivity index (χ0v) is 18.3. The molecule has 1 fully saturated rings. The molecule has 3 heterocycles. The summed E-state index contributed by atoms with van der Waals surface area (Å²) in [5.74, 6) is 1.55. The molecule has 7 nitrogen and oxygen atoms in total. The SMILES string of the molecule is Cc1ccnc(NC(=O)C2CCN(C(=O)Cc3cc(Cl)c4c(c3)OCCCO4)CC2)c1. The Morgan fingerprint density at radius 3 is 2.74 bits per heavy atom. The van der Waals surface area contributed by atoms with E-state index < -0.39 is 0 Å². The topological polar surface area (TPSA) is 80.8 Å². The van der Waals surface area contributed by atoms with Gasteiger partial charge in [0.05, 0.1) is 24.7 Å². The highest BCUT2D eigenvalue weighted by Gasteiger charge is 2.28. The third kappa shape index (κ3) is 5.28. The minimum atomic E-state index is -0.126. The number of ether oxygens (including phenoxy) is 2. The monoisotopic (exact) mass is 443 g/mol. The van der Waals surface area contributed by atoms with Gasteiger partial charge in [-0.25, -0.2) is 4.98 Å². The number of aromatic nitrogens is 1. The van der Waals surface area contributed by atoms with Crippen molar-refractivity contribution < 1.29 is 19.1 Å². The molecule has 0 spiro atoms. The van der Waals surface area contributed by atoms with E-state index in [1.54, 1.807) is 12.3 Å². The Kier molecular flexibility index (Phi) is 6.61. The number of fused-ring (bicyclic) bond motifs is 1. The van der Waals surface area contributed by atoms with Gasteiger partial charge in [0.15, 0.2) is 11.5 Å². The van der Waals surface area contributed by atoms with Gasteiger partial charge in [-0.1, -0.05) is 11.6 Å². The lowest BCUT2D eigenvalue weighted by Crippen LogP contribution is -2.42. The van der Waals surface area contributed by atoms with Crippen LogP contribution in [-0.4, -0.2) is 48.0 Å². The number of nitrogens with zero attached hydrogens (tertiary/aromatic N) is 2. The lowest BCUT2D eigenvalue weighted by Gasteiger charge is -2.31. The van der Waals surface area contributed by atoms with Gasteiger partial charge >= 0.3 is 0 Å². The maximum atomic E-state index is 12.8. The van der Waals surface area contributed by atoms with Crippen LogP contribution in [0.5, 0.6) is 11.5 Å². The van der Waals surface area contributed by atoms with Gasteiger partial charge in [-0.05, 0) is 55.2 Å². The summed E-state index contributed by atoms with van der Waals surface area (Å²) in [4.78, 5) is 31.4. The van der Waals surface area contributed by atoms with Gasteiger partial charge in [0.2, 0.25) is 11.8 Å². The number of anilines is 1. The third-order valence-electron chi connectivity index (χ3n) is 5.60. The van der Waals surface area contributed by atoms with Crippen LogP contribution in [0.25, 0.3) is 0 Å². The molecule has 164 valence electrons. The second kappa shape index (κ2) is 9.56. The second-order valence-electron chi connectivity index (χ2n) is 7.99. The van der Waals surface area contributed by atoms with Gasteiger partial charge in [-0.3, -0.25) is 9.59 Å². The molecule has 1 N–H and O–H groups in total. The van der Waals surface area contributed by atoms with Gasteiger partial charge in [0.1, 0.15) is 5.82 Å². The first-order chi connectivity index (χ1) is 15.0. The Bertz CT molecular complexity index is 973. The van der Waals surface area contributed by atoms with Crippen molar-refractivity contribution in [3.8, 4) is 11.5 Å². The number of hydrogen-bond donors (Lipinski definition) is 1. The number of piperidine rings is 1. The molecule has 0 aliphatic carbocycles. The molecule has 0 bridgehead atoms. The predicted octanol–water partition coefficient (Wildman–Crippen LogP) is 3.62. The van der Waals surface area contributed by atoms with Crippen LogP contribution in [0, 0.1) is 12.8 Å². The van der Waals surface area contributed by atoms with Crippen molar-refractivity contribution in [1.29, 1.82) is 0 Å². The normalized spacial score (nSPS) is 16.5. The fraction of sp³-hybridized carbons (Fsp3) is 0.435. The number of rotatable bonds is 4. The Hall–Kier alpha value is -2.80. The summed E-state index contributed by atoms with van der Waals surface area (Å²) in [5, 5.41) is 3.34. The van der Waals surface area contributed by atoms with Gasteiger partial charge in [0.25, 0.3) is 0 Å². The molecular weight excluding hydrogens is 418 g/mol. The molecule has 0 atom stereocenters. The number of aryl methyl sites for hydroxylation is 1. The van der Waals surface area contributed by atoms with Crippen LogP contribution in [0.1, 0.15) is 30.4 Å². The molecule has 2 aromatic rings. The molecule has 1 aromatic carbocycles. The largest absolute Gasteiger partial charge is 0.489 e. The summed E-state index contributed by atoms with van der Waals surface area (Å²) in [6.45, 7) is 4.19. The quantitative estimate of drug-likeness (QED) is 0.780. The molecule has 2 amide bonds. The van der Waals surface area contributed by atoms with Crippen LogP contribution in [-0.2, 0) is 16.0 Å². The lowest BCUT2D eigenvalue weighted by molar-refractivity contribution is -0.133. The fourth-order valence-corrected chi connectivity index (χ4v) is 4.18. The van der Waals surface area contributed by atoms with Crippen LogP contribution in [0.2, 0.25) is 5.02 Å². The van der Waals surface area contributed by atoms with Crippen LogP contribution >= 0.6 is 11.6 Å². The van der Waals surface area contributed by atoms with E-state index in [4.69, 9.17) is 21.1 Å². The number of pyridine rings is 1. The van der Waals surface area contributed by atoms with E-state index in [1.807, 2.05) is 30.0 Å². The zero-order valence-electron chi connectivity index (χ0n) is 17.5. The summed E-state index contributed by atoms with van der Waals surface area (Å²) < 4.78 is 11.4. The minimum Gasteiger partial charge on any atom is -0.489 e. The van der Waals surface area contributed by atoms with Crippen LogP contribution in [0.4, 0.5) is 5.82 Å². The summed E-state index contributed by atoms with van der Waals surface area (Å²) in [6.07, 6.45) is 3.97. The first kappa shape index (κ1) is 21.4. The Labute approximate surface area is 186 Å². The lowest BCUT2D eigenvalue weighted by atomic mass is 9.95. The summed E-state index contributed by atoms with van der Waals surface area (Å²) >= 11 is 6.34. The van der Waals surface area contributed by atoms with Crippen LogP contribution < -0.4 is 14.8 Å². The molecule has 0 unspecified atom stereocenters. The Balaban J connectivity index is 1.32. The zero-order chi connectivity index (χ0) is 21.8. The molecule has 1 aromatic heterocycles. The molecule has 8 heteroatoms. The number of carbonyl (C=O) groups is 2. The maximum absolute atomic E-state index is 12.8. The van der Waals surface area contributed by atoms with Crippen LogP contribution in [0.15, 0.2) is 30.5 Å². The van der Waals surface area contributed by atoms with Gasteiger partial charge in [-0.15, -0.1) is 0 Å². The molecular formula is C23H26ClN3O4. The number of hydrogen-bond acceptors (Lipinski definition) is 5. The number of halogens is 1. The molecule has 2 aliphatic heterocycles. The van der Waals surface area contributed by atoms with E-state index in [0.29, 0.717) is 61.5 Å². The van der Waals surface area contributed by atoms with Gasteiger partial charge < -0.3 is 19.7 Å². The van der Waals surface area contributed by atoms with Crippen LogP contribution in [0.3, 0.4) is 0 Å². The number of likely N-dealkylation sites (tertiary alicyclic amines) is 1. The first-order valence-electron chi connectivity index (χ1n) is 10.6. The van der Waals surface area contributed by atoms with Gasteiger partial charge in [-0.2, -0.15) is 0 Å². The average Bonchev–Trinajstić information content (AvgIpc) is 3.00. The van der Waals surface area contributed by atoms with Crippen molar-refractivity contribution in [3.63, 3.8) is 0 Å². The first-order valence-corrected chi connectivity index (χ1v) is 11.0. The third-order valence-corrected chi connectivity index (χ3v) is 5.88. The van der Waals surface area contributed by atoms with E-state index in [0.717, 1.165) is 17.5 Å².